The lowest BCUT2D eigenvalue weighted by Gasteiger charge is -2.27. The Morgan fingerprint density at radius 2 is 2.00 bits per heavy atom. The molecule has 1 aliphatic carbocycles. The largest absolute Gasteiger partial charge is 0.481 e. The lowest BCUT2D eigenvalue weighted by atomic mass is 9.83. The molecule has 4 heteroatoms. The maximum Gasteiger partial charge on any atom is 0.305 e. The highest BCUT2D eigenvalue weighted by atomic mass is 16.4. The van der Waals surface area contributed by atoms with Gasteiger partial charge in [0.1, 0.15) is 0 Å². The molecule has 0 radical (unpaired) electrons. The molecule has 0 fully saturated rings. The summed E-state index contributed by atoms with van der Waals surface area (Å²) in [6, 6.07) is 8.22. The van der Waals surface area contributed by atoms with Gasteiger partial charge in [-0.15, -0.1) is 0 Å². The zero-order chi connectivity index (χ0) is 13.8. The van der Waals surface area contributed by atoms with Crippen LogP contribution in [0.15, 0.2) is 24.3 Å². The fourth-order valence-corrected chi connectivity index (χ4v) is 2.59. The van der Waals surface area contributed by atoms with Crippen molar-refractivity contribution in [3.8, 4) is 0 Å². The Labute approximate surface area is 113 Å². The zero-order valence-corrected chi connectivity index (χ0v) is 11.1. The minimum absolute atomic E-state index is 0.00550. The molecule has 0 saturated heterocycles. The van der Waals surface area contributed by atoms with E-state index in [-0.39, 0.29) is 24.8 Å². The Morgan fingerprint density at radius 1 is 1.32 bits per heavy atom. The maximum absolute atomic E-state index is 12.3. The van der Waals surface area contributed by atoms with Crippen molar-refractivity contribution in [3.63, 3.8) is 0 Å². The van der Waals surface area contributed by atoms with Crippen LogP contribution in [-0.2, 0) is 22.4 Å². The quantitative estimate of drug-likeness (QED) is 0.898. The van der Waals surface area contributed by atoms with E-state index in [2.05, 4.69) is 12.1 Å². The van der Waals surface area contributed by atoms with Crippen LogP contribution in [0.4, 0.5) is 0 Å². The van der Waals surface area contributed by atoms with Crippen molar-refractivity contribution in [2.24, 2.45) is 5.92 Å². The molecule has 1 amide bonds. The SMILES string of the molecule is CN(CCC(=O)O)C(=O)C1CCc2ccccc2C1. The molecule has 0 aromatic heterocycles. The highest BCUT2D eigenvalue weighted by molar-refractivity contribution is 5.80. The van der Waals surface area contributed by atoms with Gasteiger partial charge in [0.2, 0.25) is 5.91 Å². The average Bonchev–Trinajstić information content (AvgIpc) is 2.43. The number of rotatable bonds is 4. The Balaban J connectivity index is 1.96. The molecule has 1 N–H and O–H groups in total. The topological polar surface area (TPSA) is 57.6 Å². The van der Waals surface area contributed by atoms with Crippen LogP contribution in [0.25, 0.3) is 0 Å². The molecular formula is C15H19NO3. The van der Waals surface area contributed by atoms with E-state index in [1.54, 1.807) is 11.9 Å². The molecule has 1 atom stereocenters. The number of aryl methyl sites for hydroxylation is 1. The molecule has 0 aliphatic heterocycles. The molecule has 0 spiro atoms. The summed E-state index contributed by atoms with van der Waals surface area (Å²) in [5, 5.41) is 8.65. The van der Waals surface area contributed by atoms with E-state index in [1.807, 2.05) is 12.1 Å². The fourth-order valence-electron chi connectivity index (χ4n) is 2.59. The van der Waals surface area contributed by atoms with Crippen molar-refractivity contribution in [2.75, 3.05) is 13.6 Å². The Kier molecular flexibility index (Phi) is 4.20. The lowest BCUT2D eigenvalue weighted by molar-refractivity contribution is -0.139. The van der Waals surface area contributed by atoms with Crippen LogP contribution in [0.2, 0.25) is 0 Å². The number of hydrogen-bond acceptors (Lipinski definition) is 2. The van der Waals surface area contributed by atoms with Gasteiger partial charge in [0.25, 0.3) is 0 Å². The normalized spacial score (nSPS) is 17.6. The van der Waals surface area contributed by atoms with Crippen molar-refractivity contribution in [3.05, 3.63) is 35.4 Å². The van der Waals surface area contributed by atoms with E-state index in [0.717, 1.165) is 19.3 Å². The molecule has 1 aromatic carbocycles. The van der Waals surface area contributed by atoms with E-state index in [4.69, 9.17) is 5.11 Å². The molecular weight excluding hydrogens is 242 g/mol. The second kappa shape index (κ2) is 5.87. The predicted molar refractivity (Wildman–Crippen MR) is 71.8 cm³/mol. The molecule has 102 valence electrons. The Hall–Kier alpha value is -1.84. The first-order valence-corrected chi connectivity index (χ1v) is 6.61. The van der Waals surface area contributed by atoms with Gasteiger partial charge in [0.15, 0.2) is 0 Å². The predicted octanol–water partition coefficient (Wildman–Crippen LogP) is 1.72. The van der Waals surface area contributed by atoms with E-state index < -0.39 is 5.97 Å². The molecule has 0 bridgehead atoms. The van der Waals surface area contributed by atoms with E-state index in [9.17, 15) is 9.59 Å². The number of carbonyl (C=O) groups is 2. The van der Waals surface area contributed by atoms with E-state index >= 15 is 0 Å². The molecule has 1 aromatic rings. The molecule has 1 unspecified atom stereocenters. The Bertz CT molecular complexity index is 484. The summed E-state index contributed by atoms with van der Waals surface area (Å²) in [6.45, 7) is 0.284. The van der Waals surface area contributed by atoms with Crippen LogP contribution in [0.1, 0.15) is 24.0 Å². The van der Waals surface area contributed by atoms with Crippen LogP contribution in [0, 0.1) is 5.92 Å². The standard InChI is InChI=1S/C15H19NO3/c1-16(9-8-14(17)18)15(19)13-7-6-11-4-2-3-5-12(11)10-13/h2-5,13H,6-10H2,1H3,(H,17,18). The van der Waals surface area contributed by atoms with Crippen molar-refractivity contribution >= 4 is 11.9 Å². The molecule has 0 saturated carbocycles. The summed E-state index contributed by atoms with van der Waals surface area (Å²) in [5.74, 6) is -0.807. The third kappa shape index (κ3) is 3.34. The molecule has 19 heavy (non-hydrogen) atoms. The van der Waals surface area contributed by atoms with Crippen molar-refractivity contribution in [1.29, 1.82) is 0 Å². The van der Waals surface area contributed by atoms with Crippen LogP contribution < -0.4 is 0 Å². The number of fused-ring (bicyclic) bond motifs is 1. The van der Waals surface area contributed by atoms with Crippen LogP contribution in [-0.4, -0.2) is 35.5 Å². The molecule has 1 aliphatic rings. The fraction of sp³-hybridized carbons (Fsp3) is 0.467. The van der Waals surface area contributed by atoms with Crippen molar-refractivity contribution in [2.45, 2.75) is 25.7 Å². The molecule has 2 rings (SSSR count). The van der Waals surface area contributed by atoms with Crippen LogP contribution in [0.5, 0.6) is 0 Å². The van der Waals surface area contributed by atoms with Crippen LogP contribution in [0.3, 0.4) is 0 Å². The van der Waals surface area contributed by atoms with Gasteiger partial charge in [-0.05, 0) is 30.4 Å². The monoisotopic (exact) mass is 261 g/mol. The number of nitrogens with zero attached hydrogens (tertiary/aromatic N) is 1. The third-order valence-corrected chi connectivity index (χ3v) is 3.73. The van der Waals surface area contributed by atoms with Gasteiger partial charge in [-0.1, -0.05) is 24.3 Å². The van der Waals surface area contributed by atoms with Gasteiger partial charge in [-0.2, -0.15) is 0 Å². The zero-order valence-electron chi connectivity index (χ0n) is 11.1. The number of carboxylic acids is 1. The average molecular weight is 261 g/mol. The first-order valence-electron chi connectivity index (χ1n) is 6.61. The number of hydrogen-bond donors (Lipinski definition) is 1. The summed E-state index contributed by atoms with van der Waals surface area (Å²) in [4.78, 5) is 24.3. The number of carbonyl (C=O) groups excluding carboxylic acids is 1. The maximum atomic E-state index is 12.3. The number of aliphatic carboxylic acids is 1. The third-order valence-electron chi connectivity index (χ3n) is 3.73. The van der Waals surface area contributed by atoms with Gasteiger partial charge in [0, 0.05) is 19.5 Å². The van der Waals surface area contributed by atoms with Crippen LogP contribution >= 0.6 is 0 Å². The second-order valence-corrected chi connectivity index (χ2v) is 5.11. The highest BCUT2D eigenvalue weighted by Gasteiger charge is 2.26. The first-order chi connectivity index (χ1) is 9.08. The van der Waals surface area contributed by atoms with Gasteiger partial charge < -0.3 is 10.0 Å². The van der Waals surface area contributed by atoms with E-state index in [1.165, 1.54) is 11.1 Å². The van der Waals surface area contributed by atoms with Gasteiger partial charge >= 0.3 is 5.97 Å². The lowest BCUT2D eigenvalue weighted by Crippen LogP contribution is -2.36. The smallest absolute Gasteiger partial charge is 0.305 e. The summed E-state index contributed by atoms with van der Waals surface area (Å²) in [6.07, 6.45) is 2.56. The van der Waals surface area contributed by atoms with Crippen molar-refractivity contribution in [1.82, 2.24) is 4.90 Å². The first kappa shape index (κ1) is 13.6. The minimum atomic E-state index is -0.867. The number of carboxylic acid groups (broad SMARTS) is 1. The summed E-state index contributed by atoms with van der Waals surface area (Å²) >= 11 is 0. The second-order valence-electron chi connectivity index (χ2n) is 5.11. The van der Waals surface area contributed by atoms with E-state index in [0.29, 0.717) is 0 Å². The summed E-state index contributed by atoms with van der Waals surface area (Å²) in [5.41, 5.74) is 2.58. The minimum Gasteiger partial charge on any atom is -0.481 e. The molecule has 0 heterocycles. The highest BCUT2D eigenvalue weighted by Crippen LogP contribution is 2.26. The summed E-state index contributed by atoms with van der Waals surface area (Å²) in [7, 11) is 1.69. The molecule has 4 nitrogen and oxygen atoms in total. The number of amides is 1. The van der Waals surface area contributed by atoms with Gasteiger partial charge in [-0.3, -0.25) is 9.59 Å². The Morgan fingerprint density at radius 3 is 2.68 bits per heavy atom. The van der Waals surface area contributed by atoms with Crippen molar-refractivity contribution < 1.29 is 14.7 Å². The summed E-state index contributed by atoms with van der Waals surface area (Å²) < 4.78 is 0. The number of benzene rings is 1. The van der Waals surface area contributed by atoms with Gasteiger partial charge in [-0.25, -0.2) is 0 Å². The van der Waals surface area contributed by atoms with Gasteiger partial charge in [0.05, 0.1) is 6.42 Å².